The number of nitrogens with zero attached hydrogens (tertiary/aromatic N) is 1. The van der Waals surface area contributed by atoms with E-state index in [2.05, 4.69) is 86.5 Å². The summed E-state index contributed by atoms with van der Waals surface area (Å²) in [6.07, 6.45) is 13.0. The zero-order valence-electron chi connectivity index (χ0n) is 18.8. The number of aryl methyl sites for hydroxylation is 2. The van der Waals surface area contributed by atoms with Crippen LogP contribution in [0.5, 0.6) is 0 Å². The fourth-order valence-corrected chi connectivity index (χ4v) is 5.30. The molecule has 2 aliphatic heterocycles. The van der Waals surface area contributed by atoms with Gasteiger partial charge in [0.05, 0.1) is 12.4 Å². The van der Waals surface area contributed by atoms with Crippen molar-refractivity contribution in [2.45, 2.75) is 58.4 Å². The first kappa shape index (κ1) is 20.6. The Morgan fingerprint density at radius 2 is 1.73 bits per heavy atom. The molecule has 3 heteroatoms. The van der Waals surface area contributed by atoms with E-state index < -0.39 is 5.54 Å². The lowest BCUT2D eigenvalue weighted by Gasteiger charge is -2.38. The minimum Gasteiger partial charge on any atom is -0.356 e. The van der Waals surface area contributed by atoms with Gasteiger partial charge in [0.2, 0.25) is 0 Å². The SMILES string of the molecule is C=C1NC(=C)C(CN2C=CC=C(C)C2=C)(c2cc(C)c(CC3CCCC3)c(C)c2)N1. The predicted octanol–water partition coefficient (Wildman–Crippen LogP) is 5.70. The molecule has 30 heavy (non-hydrogen) atoms. The van der Waals surface area contributed by atoms with E-state index in [-0.39, 0.29) is 0 Å². The molecule has 0 radical (unpaired) electrons. The quantitative estimate of drug-likeness (QED) is 0.663. The highest BCUT2D eigenvalue weighted by molar-refractivity contribution is 5.48. The molecule has 1 aromatic rings. The van der Waals surface area contributed by atoms with Gasteiger partial charge < -0.3 is 15.5 Å². The van der Waals surface area contributed by atoms with Crippen LogP contribution < -0.4 is 10.6 Å². The van der Waals surface area contributed by atoms with Crippen molar-refractivity contribution in [2.75, 3.05) is 6.54 Å². The van der Waals surface area contributed by atoms with Gasteiger partial charge in [-0.25, -0.2) is 0 Å². The van der Waals surface area contributed by atoms with Crippen molar-refractivity contribution >= 4 is 0 Å². The summed E-state index contributed by atoms with van der Waals surface area (Å²) in [5, 5.41) is 6.96. The average molecular weight is 402 g/mol. The second-order valence-electron chi connectivity index (χ2n) is 9.32. The molecule has 1 saturated heterocycles. The van der Waals surface area contributed by atoms with E-state index >= 15 is 0 Å². The number of nitrogens with one attached hydrogen (secondary N) is 2. The summed E-state index contributed by atoms with van der Waals surface area (Å²) in [6, 6.07) is 4.71. The summed E-state index contributed by atoms with van der Waals surface area (Å²) in [6.45, 7) is 20.2. The van der Waals surface area contributed by atoms with Crippen molar-refractivity contribution in [2.24, 2.45) is 5.92 Å². The van der Waals surface area contributed by atoms with Crippen LogP contribution in [0.2, 0.25) is 0 Å². The minimum atomic E-state index is -0.455. The molecule has 1 aliphatic carbocycles. The van der Waals surface area contributed by atoms with Gasteiger partial charge in [-0.1, -0.05) is 63.6 Å². The van der Waals surface area contributed by atoms with Gasteiger partial charge in [0, 0.05) is 17.6 Å². The van der Waals surface area contributed by atoms with Crippen molar-refractivity contribution in [3.63, 3.8) is 0 Å². The maximum atomic E-state index is 4.38. The van der Waals surface area contributed by atoms with Crippen molar-refractivity contribution < 1.29 is 0 Å². The summed E-state index contributed by atoms with van der Waals surface area (Å²) >= 11 is 0. The van der Waals surface area contributed by atoms with Gasteiger partial charge in [-0.15, -0.1) is 0 Å². The van der Waals surface area contributed by atoms with Crippen molar-refractivity contribution in [1.82, 2.24) is 15.5 Å². The van der Waals surface area contributed by atoms with E-state index in [1.807, 2.05) is 0 Å². The van der Waals surface area contributed by atoms with Crippen LogP contribution in [0.3, 0.4) is 0 Å². The lowest BCUT2D eigenvalue weighted by Crippen LogP contribution is -2.47. The molecule has 0 aromatic heterocycles. The van der Waals surface area contributed by atoms with Gasteiger partial charge in [-0.05, 0) is 67.0 Å². The summed E-state index contributed by atoms with van der Waals surface area (Å²) in [5.74, 6) is 1.64. The molecule has 0 bridgehead atoms. The van der Waals surface area contributed by atoms with E-state index in [0.29, 0.717) is 6.54 Å². The predicted molar refractivity (Wildman–Crippen MR) is 127 cm³/mol. The highest BCUT2D eigenvalue weighted by atomic mass is 15.3. The summed E-state index contributed by atoms with van der Waals surface area (Å²) in [5.41, 5.74) is 8.21. The van der Waals surface area contributed by atoms with Gasteiger partial charge >= 0.3 is 0 Å². The first-order chi connectivity index (χ1) is 14.3. The molecule has 3 nitrogen and oxygen atoms in total. The Morgan fingerprint density at radius 1 is 1.07 bits per heavy atom. The van der Waals surface area contributed by atoms with Crippen LogP contribution in [0.1, 0.15) is 54.9 Å². The Bertz CT molecular complexity index is 935. The van der Waals surface area contributed by atoms with Gasteiger partial charge in [0.25, 0.3) is 0 Å². The Morgan fingerprint density at radius 3 is 2.33 bits per heavy atom. The first-order valence-corrected chi connectivity index (χ1v) is 11.2. The maximum Gasteiger partial charge on any atom is 0.122 e. The van der Waals surface area contributed by atoms with Crippen molar-refractivity contribution in [1.29, 1.82) is 0 Å². The normalized spacial score (nSPS) is 24.3. The summed E-state index contributed by atoms with van der Waals surface area (Å²) in [7, 11) is 0. The number of hydrogen-bond acceptors (Lipinski definition) is 3. The van der Waals surface area contributed by atoms with E-state index in [1.165, 1.54) is 59.9 Å². The Balaban J connectivity index is 1.70. The third kappa shape index (κ3) is 3.62. The van der Waals surface area contributed by atoms with Crippen LogP contribution in [0.15, 0.2) is 73.0 Å². The Kier molecular flexibility index (Phi) is 5.40. The summed E-state index contributed by atoms with van der Waals surface area (Å²) < 4.78 is 0. The van der Waals surface area contributed by atoms with Crippen LogP contribution in [0.25, 0.3) is 0 Å². The molecular weight excluding hydrogens is 366 g/mol. The molecule has 0 amide bonds. The van der Waals surface area contributed by atoms with Crippen LogP contribution in [-0.4, -0.2) is 11.4 Å². The Hall–Kier alpha value is -2.68. The topological polar surface area (TPSA) is 27.3 Å². The van der Waals surface area contributed by atoms with Crippen molar-refractivity contribution in [3.05, 3.63) is 95.3 Å². The molecule has 2 fully saturated rings. The second kappa shape index (κ2) is 7.86. The molecule has 1 unspecified atom stereocenters. The molecular formula is C27H35N3. The molecule has 1 saturated carbocycles. The van der Waals surface area contributed by atoms with Gasteiger partial charge in [-0.2, -0.15) is 0 Å². The average Bonchev–Trinajstić information content (AvgIpc) is 3.30. The minimum absolute atomic E-state index is 0.455. The maximum absolute atomic E-state index is 4.38. The van der Waals surface area contributed by atoms with Crippen molar-refractivity contribution in [3.8, 4) is 0 Å². The van der Waals surface area contributed by atoms with Crippen LogP contribution >= 0.6 is 0 Å². The molecule has 2 heterocycles. The fourth-order valence-electron chi connectivity index (χ4n) is 5.30. The van der Waals surface area contributed by atoms with Gasteiger partial charge in [0.1, 0.15) is 5.54 Å². The van der Waals surface area contributed by atoms with E-state index in [1.54, 1.807) is 0 Å². The molecule has 4 rings (SSSR count). The molecule has 1 atom stereocenters. The van der Waals surface area contributed by atoms with Gasteiger partial charge in [0.15, 0.2) is 0 Å². The molecule has 1 aromatic carbocycles. The van der Waals surface area contributed by atoms with E-state index in [9.17, 15) is 0 Å². The molecule has 0 spiro atoms. The third-order valence-electron chi connectivity index (χ3n) is 7.16. The smallest absolute Gasteiger partial charge is 0.122 e. The fraction of sp³-hybridized carbons (Fsp3) is 0.407. The van der Waals surface area contributed by atoms with Crippen LogP contribution in [0.4, 0.5) is 0 Å². The lowest BCUT2D eigenvalue weighted by molar-refractivity contribution is 0.333. The Labute approximate surface area is 181 Å². The highest BCUT2D eigenvalue weighted by Gasteiger charge is 2.43. The molecule has 158 valence electrons. The highest BCUT2D eigenvalue weighted by Crippen LogP contribution is 2.38. The molecule has 2 N–H and O–H groups in total. The zero-order chi connectivity index (χ0) is 21.5. The molecule has 3 aliphatic rings. The lowest BCUT2D eigenvalue weighted by atomic mass is 9.82. The van der Waals surface area contributed by atoms with E-state index in [0.717, 1.165) is 23.1 Å². The van der Waals surface area contributed by atoms with Crippen LogP contribution in [-0.2, 0) is 12.0 Å². The monoisotopic (exact) mass is 401 g/mol. The standard InChI is InChI=1S/C27H35N3/c1-18-10-9-13-30(21(18)4)17-27(22(5)28-23(6)29-27)25-14-19(2)26(20(3)15-25)16-24-11-7-8-12-24/h9-10,13-15,24,28-29H,4-8,11-12,16-17H2,1-3H3. The van der Waals surface area contributed by atoms with E-state index in [4.69, 9.17) is 0 Å². The first-order valence-electron chi connectivity index (χ1n) is 11.2. The zero-order valence-corrected chi connectivity index (χ0v) is 18.8. The second-order valence-corrected chi connectivity index (χ2v) is 9.32. The summed E-state index contributed by atoms with van der Waals surface area (Å²) in [4.78, 5) is 2.21. The third-order valence-corrected chi connectivity index (χ3v) is 7.16. The van der Waals surface area contributed by atoms with Crippen LogP contribution in [0, 0.1) is 19.8 Å². The number of allylic oxidation sites excluding steroid dienone is 3. The largest absolute Gasteiger partial charge is 0.356 e. The number of benzene rings is 1. The number of hydrogen-bond donors (Lipinski definition) is 2. The number of rotatable bonds is 5. The van der Waals surface area contributed by atoms with Gasteiger partial charge in [-0.3, -0.25) is 0 Å².